The molecule has 1 saturated carbocycles. The maximum atomic E-state index is 9.89. The first-order valence-electron chi connectivity index (χ1n) is 5.80. The molecule has 16 heavy (non-hydrogen) atoms. The van der Waals surface area contributed by atoms with Crippen LogP contribution in [0.5, 0.6) is 11.5 Å². The Morgan fingerprint density at radius 3 is 2.50 bits per heavy atom. The highest BCUT2D eigenvalue weighted by molar-refractivity contribution is 5.33. The van der Waals surface area contributed by atoms with Crippen molar-refractivity contribution in [1.82, 2.24) is 0 Å². The largest absolute Gasteiger partial charge is 0.494 e. The lowest BCUT2D eigenvalue weighted by molar-refractivity contribution is -0.0664. The molecule has 0 amide bonds. The molecule has 0 radical (unpaired) electrons. The van der Waals surface area contributed by atoms with E-state index in [1.54, 1.807) is 0 Å². The van der Waals surface area contributed by atoms with Crippen molar-refractivity contribution >= 4 is 0 Å². The van der Waals surface area contributed by atoms with E-state index in [1.165, 1.54) is 0 Å². The Balaban J connectivity index is 1.90. The average molecular weight is 222 g/mol. The molecule has 2 rings (SSSR count). The predicted octanol–water partition coefficient (Wildman–Crippen LogP) is 2.38. The van der Waals surface area contributed by atoms with Crippen LogP contribution in [0.3, 0.4) is 0 Å². The molecule has 0 aliphatic heterocycles. The van der Waals surface area contributed by atoms with Crippen LogP contribution in [0.4, 0.5) is 0 Å². The lowest BCUT2D eigenvalue weighted by atomic mass is 9.81. The van der Waals surface area contributed by atoms with E-state index in [9.17, 15) is 5.11 Å². The third-order valence-electron chi connectivity index (χ3n) is 2.91. The van der Waals surface area contributed by atoms with Crippen molar-refractivity contribution in [2.45, 2.75) is 31.8 Å². The molecule has 3 heteroatoms. The fraction of sp³-hybridized carbons (Fsp3) is 0.538. The maximum absolute atomic E-state index is 9.89. The zero-order valence-electron chi connectivity index (χ0n) is 9.61. The number of rotatable bonds is 5. The highest BCUT2D eigenvalue weighted by atomic mass is 16.5. The van der Waals surface area contributed by atoms with Gasteiger partial charge in [0, 0.05) is 6.07 Å². The minimum absolute atomic E-state index is 0.378. The van der Waals surface area contributed by atoms with E-state index >= 15 is 0 Å². The van der Waals surface area contributed by atoms with Crippen LogP contribution in [0.2, 0.25) is 0 Å². The SMILES string of the molecule is CCOc1cccc(OCC2(O)CCC2)c1. The molecule has 0 spiro atoms. The van der Waals surface area contributed by atoms with Gasteiger partial charge in [-0.25, -0.2) is 0 Å². The van der Waals surface area contributed by atoms with Gasteiger partial charge in [-0.3, -0.25) is 0 Å². The van der Waals surface area contributed by atoms with Gasteiger partial charge < -0.3 is 14.6 Å². The maximum Gasteiger partial charge on any atom is 0.123 e. The first kappa shape index (κ1) is 11.3. The van der Waals surface area contributed by atoms with Crippen LogP contribution in [-0.4, -0.2) is 23.9 Å². The number of ether oxygens (including phenoxy) is 2. The van der Waals surface area contributed by atoms with Crippen LogP contribution in [-0.2, 0) is 0 Å². The van der Waals surface area contributed by atoms with Gasteiger partial charge in [0.1, 0.15) is 18.1 Å². The van der Waals surface area contributed by atoms with Crippen molar-refractivity contribution in [2.75, 3.05) is 13.2 Å². The van der Waals surface area contributed by atoms with Gasteiger partial charge in [0.2, 0.25) is 0 Å². The molecule has 0 heterocycles. The van der Waals surface area contributed by atoms with Crippen LogP contribution in [0.25, 0.3) is 0 Å². The molecule has 0 bridgehead atoms. The first-order valence-corrected chi connectivity index (χ1v) is 5.80. The van der Waals surface area contributed by atoms with Gasteiger partial charge in [-0.2, -0.15) is 0 Å². The van der Waals surface area contributed by atoms with Gasteiger partial charge in [0.25, 0.3) is 0 Å². The molecule has 1 aliphatic carbocycles. The third-order valence-corrected chi connectivity index (χ3v) is 2.91. The topological polar surface area (TPSA) is 38.7 Å². The Labute approximate surface area is 96.0 Å². The van der Waals surface area contributed by atoms with Crippen molar-refractivity contribution in [3.8, 4) is 11.5 Å². The summed E-state index contributed by atoms with van der Waals surface area (Å²) in [7, 11) is 0. The van der Waals surface area contributed by atoms with E-state index in [0.717, 1.165) is 30.8 Å². The highest BCUT2D eigenvalue weighted by Crippen LogP contribution is 2.32. The Kier molecular flexibility index (Phi) is 3.34. The lowest BCUT2D eigenvalue weighted by Gasteiger charge is -2.36. The van der Waals surface area contributed by atoms with Gasteiger partial charge >= 0.3 is 0 Å². The molecule has 1 aromatic rings. The molecule has 0 aromatic heterocycles. The van der Waals surface area contributed by atoms with Crippen LogP contribution < -0.4 is 9.47 Å². The standard InChI is InChI=1S/C13H18O3/c1-2-15-11-5-3-6-12(9-11)16-10-13(14)7-4-8-13/h3,5-6,9,14H,2,4,7-8,10H2,1H3. The van der Waals surface area contributed by atoms with E-state index in [2.05, 4.69) is 0 Å². The van der Waals surface area contributed by atoms with E-state index < -0.39 is 5.60 Å². The first-order chi connectivity index (χ1) is 7.72. The molecule has 1 aliphatic rings. The van der Waals surface area contributed by atoms with Gasteiger partial charge in [0.05, 0.1) is 12.2 Å². The monoisotopic (exact) mass is 222 g/mol. The van der Waals surface area contributed by atoms with Crippen LogP contribution in [0, 0.1) is 0 Å². The summed E-state index contributed by atoms with van der Waals surface area (Å²) in [6.45, 7) is 2.97. The summed E-state index contributed by atoms with van der Waals surface area (Å²) in [4.78, 5) is 0. The van der Waals surface area contributed by atoms with E-state index in [4.69, 9.17) is 9.47 Å². The second kappa shape index (κ2) is 4.74. The number of hydrogen-bond acceptors (Lipinski definition) is 3. The fourth-order valence-corrected chi connectivity index (χ4v) is 1.77. The van der Waals surface area contributed by atoms with Gasteiger partial charge in [0.15, 0.2) is 0 Å². The molecule has 0 saturated heterocycles. The number of hydrogen-bond donors (Lipinski definition) is 1. The summed E-state index contributed by atoms with van der Waals surface area (Å²) in [5, 5.41) is 9.89. The Hall–Kier alpha value is -1.22. The zero-order valence-corrected chi connectivity index (χ0v) is 9.61. The second-order valence-electron chi connectivity index (χ2n) is 4.27. The summed E-state index contributed by atoms with van der Waals surface area (Å²) >= 11 is 0. The minimum Gasteiger partial charge on any atom is -0.494 e. The smallest absolute Gasteiger partial charge is 0.123 e. The van der Waals surface area contributed by atoms with Crippen molar-refractivity contribution in [3.05, 3.63) is 24.3 Å². The molecule has 1 N–H and O–H groups in total. The lowest BCUT2D eigenvalue weighted by Crippen LogP contribution is -2.42. The summed E-state index contributed by atoms with van der Waals surface area (Å²) in [6, 6.07) is 7.52. The Morgan fingerprint density at radius 1 is 1.25 bits per heavy atom. The molecule has 0 atom stereocenters. The number of benzene rings is 1. The molecule has 3 nitrogen and oxygen atoms in total. The van der Waals surface area contributed by atoms with Crippen molar-refractivity contribution in [1.29, 1.82) is 0 Å². The van der Waals surface area contributed by atoms with Crippen molar-refractivity contribution in [3.63, 3.8) is 0 Å². The summed E-state index contributed by atoms with van der Waals surface area (Å²) in [5.74, 6) is 1.56. The second-order valence-corrected chi connectivity index (χ2v) is 4.27. The number of aliphatic hydroxyl groups is 1. The van der Waals surface area contributed by atoms with Gasteiger partial charge in [-0.05, 0) is 38.3 Å². The Morgan fingerprint density at radius 2 is 1.94 bits per heavy atom. The molecule has 88 valence electrons. The average Bonchev–Trinajstić information content (AvgIpc) is 2.25. The van der Waals surface area contributed by atoms with E-state index in [0.29, 0.717) is 13.2 Å². The van der Waals surface area contributed by atoms with Crippen molar-refractivity contribution < 1.29 is 14.6 Å². The molecule has 0 unspecified atom stereocenters. The quantitative estimate of drug-likeness (QED) is 0.831. The highest BCUT2D eigenvalue weighted by Gasteiger charge is 2.35. The molecule has 1 fully saturated rings. The minimum atomic E-state index is -0.596. The van der Waals surface area contributed by atoms with E-state index in [1.807, 2.05) is 31.2 Å². The van der Waals surface area contributed by atoms with Crippen LogP contribution in [0.15, 0.2) is 24.3 Å². The Bertz CT molecular complexity index is 345. The molecular formula is C13H18O3. The van der Waals surface area contributed by atoms with E-state index in [-0.39, 0.29) is 0 Å². The summed E-state index contributed by atoms with van der Waals surface area (Å²) < 4.78 is 10.9. The zero-order chi connectivity index (χ0) is 11.4. The summed E-state index contributed by atoms with van der Waals surface area (Å²) in [6.07, 6.45) is 2.79. The van der Waals surface area contributed by atoms with Gasteiger partial charge in [-0.15, -0.1) is 0 Å². The fourth-order valence-electron chi connectivity index (χ4n) is 1.77. The summed E-state index contributed by atoms with van der Waals surface area (Å²) in [5.41, 5.74) is -0.596. The van der Waals surface area contributed by atoms with Gasteiger partial charge in [-0.1, -0.05) is 6.07 Å². The van der Waals surface area contributed by atoms with Crippen LogP contribution >= 0.6 is 0 Å². The molecule has 1 aromatic carbocycles. The van der Waals surface area contributed by atoms with Crippen LogP contribution in [0.1, 0.15) is 26.2 Å². The molecular weight excluding hydrogens is 204 g/mol. The normalized spacial score (nSPS) is 17.6. The third kappa shape index (κ3) is 2.67. The van der Waals surface area contributed by atoms with Crippen molar-refractivity contribution in [2.24, 2.45) is 0 Å². The predicted molar refractivity (Wildman–Crippen MR) is 61.9 cm³/mol.